The number of nitrogens with one attached hydrogen (secondary N) is 4. The van der Waals surface area contributed by atoms with Crippen molar-refractivity contribution >= 4 is 40.2 Å². The molecule has 4 N–H and O–H groups in total. The Labute approximate surface area is 217 Å². The zero-order chi connectivity index (χ0) is 25.6. The number of aromatic nitrogens is 6. The van der Waals surface area contributed by atoms with Crippen LogP contribution in [0.3, 0.4) is 0 Å². The molecule has 0 saturated heterocycles. The number of amides is 1. The maximum absolute atomic E-state index is 13.0. The Morgan fingerprint density at radius 1 is 1.19 bits per heavy atom. The van der Waals surface area contributed by atoms with Gasteiger partial charge >= 0.3 is 0 Å². The highest BCUT2D eigenvalue weighted by atomic mass is 35.5. The van der Waals surface area contributed by atoms with E-state index in [0.29, 0.717) is 23.0 Å². The molecule has 12 heteroatoms. The van der Waals surface area contributed by atoms with Crippen LogP contribution in [0.15, 0.2) is 54.8 Å². The van der Waals surface area contributed by atoms with Gasteiger partial charge in [0.1, 0.15) is 29.0 Å². The number of rotatable bonds is 7. The number of carbonyl (C=O) groups excluding carboxylic acids is 1. The van der Waals surface area contributed by atoms with Crippen molar-refractivity contribution in [3.63, 3.8) is 0 Å². The molecule has 188 valence electrons. The minimum Gasteiger partial charge on any atom is -0.410 e. The molecule has 0 bridgehead atoms. The fourth-order valence-electron chi connectivity index (χ4n) is 4.09. The average molecular weight is 518 g/mol. The second-order valence-corrected chi connectivity index (χ2v) is 9.84. The highest BCUT2D eigenvalue weighted by Crippen LogP contribution is 2.46. The lowest BCUT2D eigenvalue weighted by Crippen LogP contribution is -2.35. The first-order valence-electron chi connectivity index (χ1n) is 11.9. The SMILES string of the molecule is C[C@@H](NC(=O)c1ncnc(Nc2ccncc2)c1Cl)C1=CC(c2nc3nc(C4(C)CC4)ccc3[nH]2)NO1. The second kappa shape index (κ2) is 9.09. The summed E-state index contributed by atoms with van der Waals surface area (Å²) < 4.78 is 0. The first-order valence-corrected chi connectivity index (χ1v) is 12.3. The topological polar surface area (TPSA) is 143 Å². The molecule has 1 amide bonds. The van der Waals surface area contributed by atoms with E-state index in [4.69, 9.17) is 21.4 Å². The van der Waals surface area contributed by atoms with Crippen LogP contribution in [0.1, 0.15) is 54.7 Å². The first kappa shape index (κ1) is 23.3. The lowest BCUT2D eigenvalue weighted by molar-refractivity contribution is 0.0850. The molecule has 5 heterocycles. The van der Waals surface area contributed by atoms with Gasteiger partial charge in [0.25, 0.3) is 5.91 Å². The largest absolute Gasteiger partial charge is 0.410 e. The number of aromatic amines is 1. The normalized spacial score (nSPS) is 18.7. The second-order valence-electron chi connectivity index (χ2n) is 9.46. The minimum absolute atomic E-state index is 0.0479. The lowest BCUT2D eigenvalue weighted by atomic mass is 10.1. The van der Waals surface area contributed by atoms with Gasteiger partial charge in [-0.15, -0.1) is 5.48 Å². The van der Waals surface area contributed by atoms with Crippen LogP contribution in [0.2, 0.25) is 5.02 Å². The van der Waals surface area contributed by atoms with Crippen LogP contribution in [0, 0.1) is 0 Å². The number of imidazole rings is 1. The van der Waals surface area contributed by atoms with Gasteiger partial charge in [0, 0.05) is 29.2 Å². The van der Waals surface area contributed by atoms with Crippen molar-refractivity contribution in [2.45, 2.75) is 44.2 Å². The molecular formula is C25H24ClN9O2. The molecule has 2 aliphatic rings. The van der Waals surface area contributed by atoms with E-state index < -0.39 is 11.9 Å². The third-order valence-corrected chi connectivity index (χ3v) is 6.99. The number of H-pyrrole nitrogens is 1. The summed E-state index contributed by atoms with van der Waals surface area (Å²) in [6.07, 6.45) is 8.72. The Morgan fingerprint density at radius 3 is 2.78 bits per heavy atom. The molecule has 4 aromatic heterocycles. The van der Waals surface area contributed by atoms with E-state index >= 15 is 0 Å². The zero-order valence-corrected chi connectivity index (χ0v) is 20.9. The molecule has 0 spiro atoms. The number of hydrogen-bond donors (Lipinski definition) is 4. The van der Waals surface area contributed by atoms with E-state index in [1.807, 2.05) is 19.1 Å². The molecule has 37 heavy (non-hydrogen) atoms. The van der Waals surface area contributed by atoms with Gasteiger partial charge in [0.2, 0.25) is 0 Å². The molecule has 1 aliphatic heterocycles. The maximum Gasteiger partial charge on any atom is 0.272 e. The van der Waals surface area contributed by atoms with Crippen LogP contribution in [0.25, 0.3) is 11.2 Å². The summed E-state index contributed by atoms with van der Waals surface area (Å²) in [6, 6.07) is 6.82. The summed E-state index contributed by atoms with van der Waals surface area (Å²) in [5.41, 5.74) is 6.52. The van der Waals surface area contributed by atoms with E-state index in [9.17, 15) is 4.79 Å². The molecule has 1 unspecified atom stereocenters. The van der Waals surface area contributed by atoms with Crippen LogP contribution in [0.4, 0.5) is 11.5 Å². The van der Waals surface area contributed by atoms with Crippen LogP contribution in [-0.4, -0.2) is 41.9 Å². The van der Waals surface area contributed by atoms with Gasteiger partial charge in [-0.3, -0.25) is 9.78 Å². The Kier molecular flexibility index (Phi) is 5.73. The van der Waals surface area contributed by atoms with Gasteiger partial charge in [-0.2, -0.15) is 0 Å². The Balaban J connectivity index is 1.15. The van der Waals surface area contributed by atoms with Crippen LogP contribution >= 0.6 is 11.6 Å². The summed E-state index contributed by atoms with van der Waals surface area (Å²) in [6.45, 7) is 4.03. The van der Waals surface area contributed by atoms with Crippen LogP contribution < -0.4 is 16.1 Å². The van der Waals surface area contributed by atoms with Gasteiger partial charge < -0.3 is 20.5 Å². The van der Waals surface area contributed by atoms with E-state index in [2.05, 4.69) is 54.0 Å². The highest BCUT2D eigenvalue weighted by Gasteiger charge is 2.40. The summed E-state index contributed by atoms with van der Waals surface area (Å²) in [5, 5.41) is 6.04. The van der Waals surface area contributed by atoms with Crippen LogP contribution in [0.5, 0.6) is 0 Å². The molecular weight excluding hydrogens is 494 g/mol. The molecule has 11 nitrogen and oxygen atoms in total. The summed E-state index contributed by atoms with van der Waals surface area (Å²) in [5.74, 6) is 1.08. The monoisotopic (exact) mass is 517 g/mol. The van der Waals surface area contributed by atoms with E-state index in [-0.39, 0.29) is 22.2 Å². The predicted molar refractivity (Wildman–Crippen MR) is 137 cm³/mol. The average Bonchev–Trinajstić information content (AvgIpc) is 3.30. The standard InChI is InChI=1S/C25H24ClN9O2/c1-13(30-24(36)20-19(26)23(29-12-28-20)31-14-5-9-27-10-6-14)17-11-16(35-37-17)22-32-15-3-4-18(25(2)7-8-25)33-21(15)34-22/h3-6,9-13,16,35H,7-8H2,1-2H3,(H,30,36)(H,32,33,34)(H,27,28,29,31)/t13-,16?/m1/s1. The van der Waals surface area contributed by atoms with Gasteiger partial charge in [0.05, 0.1) is 11.6 Å². The van der Waals surface area contributed by atoms with Crippen molar-refractivity contribution in [1.29, 1.82) is 0 Å². The van der Waals surface area contributed by atoms with Crippen molar-refractivity contribution < 1.29 is 9.63 Å². The third kappa shape index (κ3) is 4.58. The van der Waals surface area contributed by atoms with Crippen molar-refractivity contribution in [1.82, 2.24) is 40.7 Å². The number of carbonyl (C=O) groups is 1. The fourth-order valence-corrected chi connectivity index (χ4v) is 4.32. The highest BCUT2D eigenvalue weighted by molar-refractivity contribution is 6.35. The zero-order valence-electron chi connectivity index (χ0n) is 20.1. The molecule has 0 radical (unpaired) electrons. The van der Waals surface area contributed by atoms with Gasteiger partial charge in [0.15, 0.2) is 17.2 Å². The molecule has 0 aromatic carbocycles. The Morgan fingerprint density at radius 2 is 2.00 bits per heavy atom. The maximum atomic E-state index is 13.0. The van der Waals surface area contributed by atoms with Crippen LogP contribution in [-0.2, 0) is 10.3 Å². The summed E-state index contributed by atoms with van der Waals surface area (Å²) in [7, 11) is 0. The van der Waals surface area contributed by atoms with Crippen molar-refractivity contribution in [2.24, 2.45) is 0 Å². The molecule has 1 saturated carbocycles. The number of hydroxylamine groups is 1. The third-order valence-electron chi connectivity index (χ3n) is 6.63. The predicted octanol–water partition coefficient (Wildman–Crippen LogP) is 3.87. The van der Waals surface area contributed by atoms with Crippen molar-refractivity contribution in [3.8, 4) is 0 Å². The number of nitrogens with zero attached hydrogens (tertiary/aromatic N) is 5. The smallest absolute Gasteiger partial charge is 0.272 e. The lowest BCUT2D eigenvalue weighted by Gasteiger charge is -2.15. The van der Waals surface area contributed by atoms with E-state index in [1.54, 1.807) is 24.5 Å². The Hall–Kier alpha value is -4.09. The number of fused-ring (bicyclic) bond motifs is 1. The Bertz CT molecular complexity index is 1520. The van der Waals surface area contributed by atoms with E-state index in [1.165, 1.54) is 6.33 Å². The molecule has 1 aliphatic carbocycles. The fraction of sp³-hybridized carbons (Fsp3) is 0.280. The minimum atomic E-state index is -0.462. The van der Waals surface area contributed by atoms with Crippen molar-refractivity contribution in [3.05, 3.63) is 77.1 Å². The number of halogens is 1. The molecule has 4 aromatic rings. The van der Waals surface area contributed by atoms with Gasteiger partial charge in [-0.1, -0.05) is 18.5 Å². The molecule has 2 atom stereocenters. The summed E-state index contributed by atoms with van der Waals surface area (Å²) in [4.78, 5) is 43.5. The quantitative estimate of drug-likeness (QED) is 0.287. The number of anilines is 2. The molecule has 6 rings (SSSR count). The van der Waals surface area contributed by atoms with Crippen molar-refractivity contribution in [2.75, 3.05) is 5.32 Å². The number of pyridine rings is 2. The first-order chi connectivity index (χ1) is 17.9. The van der Waals surface area contributed by atoms with Gasteiger partial charge in [-0.05, 0) is 50.1 Å². The van der Waals surface area contributed by atoms with E-state index in [0.717, 1.165) is 29.7 Å². The summed E-state index contributed by atoms with van der Waals surface area (Å²) >= 11 is 6.44. The van der Waals surface area contributed by atoms with Gasteiger partial charge in [-0.25, -0.2) is 19.9 Å². The number of hydrogen-bond acceptors (Lipinski definition) is 9. The molecule has 1 fully saturated rings.